The zero-order valence-corrected chi connectivity index (χ0v) is 25.7. The number of carbonyl (C=O) groups is 6. The second-order valence-corrected chi connectivity index (χ2v) is 11.8. The van der Waals surface area contributed by atoms with Crippen molar-refractivity contribution < 1.29 is 48.5 Å². The van der Waals surface area contributed by atoms with Crippen LogP contribution in [0.3, 0.4) is 0 Å². The first kappa shape index (κ1) is 34.5. The van der Waals surface area contributed by atoms with E-state index in [9.17, 15) is 39.0 Å². The fourth-order valence-electron chi connectivity index (χ4n) is 5.12. The number of carbonyl (C=O) groups excluding carboxylic acids is 4. The highest BCUT2D eigenvalue weighted by atomic mass is 16.6. The van der Waals surface area contributed by atoms with Gasteiger partial charge < -0.3 is 30.3 Å². The third kappa shape index (κ3) is 9.78. The Morgan fingerprint density at radius 1 is 0.933 bits per heavy atom. The molecule has 13 nitrogen and oxygen atoms in total. The highest BCUT2D eigenvalue weighted by Gasteiger charge is 2.30. The average molecular weight is 626 g/mol. The van der Waals surface area contributed by atoms with Gasteiger partial charge in [-0.2, -0.15) is 0 Å². The molecule has 1 atom stereocenters. The number of amides is 3. The maximum Gasteiger partial charge on any atom is 0.408 e. The first-order chi connectivity index (χ1) is 21.2. The molecular formula is C32H39N3O10. The number of alkyl carbamates (subject to hydrolysis) is 1. The number of carboxylic acids is 2. The Labute approximate surface area is 260 Å². The lowest BCUT2D eigenvalue weighted by atomic mass is 9.82. The van der Waals surface area contributed by atoms with Gasteiger partial charge >= 0.3 is 29.9 Å². The topological polar surface area (TPSA) is 189 Å². The molecule has 1 fully saturated rings. The first-order valence-corrected chi connectivity index (χ1v) is 14.5. The van der Waals surface area contributed by atoms with Gasteiger partial charge in [0.1, 0.15) is 11.6 Å². The fraction of sp³-hybridized carbons (Fsp3) is 0.438. The number of hydrogen-bond donors (Lipinski definition) is 4. The Bertz CT molecular complexity index is 1410. The molecule has 3 amide bonds. The van der Waals surface area contributed by atoms with Crippen molar-refractivity contribution in [1.29, 1.82) is 0 Å². The molecule has 0 aliphatic heterocycles. The minimum absolute atomic E-state index is 0.0268. The molecule has 0 saturated heterocycles. The van der Waals surface area contributed by atoms with Crippen LogP contribution >= 0.6 is 0 Å². The van der Waals surface area contributed by atoms with Gasteiger partial charge in [0, 0.05) is 18.7 Å². The third-order valence-electron chi connectivity index (χ3n) is 7.35. The number of aromatic carboxylic acids is 1. The van der Waals surface area contributed by atoms with Crippen LogP contribution in [0.2, 0.25) is 0 Å². The number of nitrogens with zero attached hydrogens (tertiary/aromatic N) is 1. The molecule has 4 N–H and O–H groups in total. The van der Waals surface area contributed by atoms with Crippen molar-refractivity contribution in [3.05, 3.63) is 59.7 Å². The standard InChI is InChI=1S/C32H39N3O10/c1-32(2,3)45-31(43)34-24(26(36)33-18-20-9-13-21(14-10-20)30(42)44-4)17-19-11-15-22(16-12-19)35(27(37)29(40)41)25-8-6-5-7-23(25)28(38)39/h5-8,11-12,15-16,20-21,24H,9-10,13-14,17-18H2,1-4H3,(H,33,36)(H,34,43)(H,38,39)(H,40,41). The molecule has 0 aromatic heterocycles. The highest BCUT2D eigenvalue weighted by Crippen LogP contribution is 2.31. The molecule has 2 aromatic carbocycles. The quantitative estimate of drug-likeness (QED) is 0.224. The molecular weight excluding hydrogens is 586 g/mol. The smallest absolute Gasteiger partial charge is 0.408 e. The van der Waals surface area contributed by atoms with Gasteiger partial charge in [-0.25, -0.2) is 14.4 Å². The zero-order chi connectivity index (χ0) is 33.3. The van der Waals surface area contributed by atoms with Crippen molar-refractivity contribution in [1.82, 2.24) is 10.6 Å². The number of hydrogen-bond acceptors (Lipinski definition) is 8. The van der Waals surface area contributed by atoms with E-state index in [1.165, 1.54) is 43.5 Å². The predicted molar refractivity (Wildman–Crippen MR) is 162 cm³/mol. The van der Waals surface area contributed by atoms with Gasteiger partial charge in [0.25, 0.3) is 0 Å². The normalized spacial score (nSPS) is 16.9. The van der Waals surface area contributed by atoms with Crippen molar-refractivity contribution in [3.63, 3.8) is 0 Å². The maximum atomic E-state index is 13.3. The van der Waals surface area contributed by atoms with Gasteiger partial charge in [-0.1, -0.05) is 24.3 Å². The van der Waals surface area contributed by atoms with E-state index in [0.717, 1.165) is 17.7 Å². The minimum atomic E-state index is -1.78. The van der Waals surface area contributed by atoms with E-state index in [1.54, 1.807) is 32.9 Å². The van der Waals surface area contributed by atoms with Gasteiger partial charge in [0.05, 0.1) is 24.3 Å². The summed E-state index contributed by atoms with van der Waals surface area (Å²) in [7, 11) is 1.37. The molecule has 13 heteroatoms. The monoisotopic (exact) mass is 625 g/mol. The number of methoxy groups -OCH3 is 1. The van der Waals surface area contributed by atoms with Crippen LogP contribution in [0, 0.1) is 11.8 Å². The van der Waals surface area contributed by atoms with Crippen molar-refractivity contribution in [3.8, 4) is 0 Å². The van der Waals surface area contributed by atoms with E-state index in [4.69, 9.17) is 9.47 Å². The maximum absolute atomic E-state index is 13.3. The Kier molecular flexibility index (Phi) is 11.7. The molecule has 1 aliphatic carbocycles. The molecule has 0 radical (unpaired) electrons. The van der Waals surface area contributed by atoms with Crippen LogP contribution in [0.15, 0.2) is 48.5 Å². The van der Waals surface area contributed by atoms with Crippen molar-refractivity contribution in [2.75, 3.05) is 18.6 Å². The number of rotatable bonds is 10. The van der Waals surface area contributed by atoms with Crippen molar-refractivity contribution in [2.24, 2.45) is 11.8 Å². The summed E-state index contributed by atoms with van der Waals surface area (Å²) < 4.78 is 10.2. The molecule has 1 unspecified atom stereocenters. The Balaban J connectivity index is 1.79. The summed E-state index contributed by atoms with van der Waals surface area (Å²) in [4.78, 5) is 74.6. The van der Waals surface area contributed by atoms with Crippen LogP contribution in [0.1, 0.15) is 62.4 Å². The van der Waals surface area contributed by atoms with E-state index in [0.29, 0.717) is 24.9 Å². The summed E-state index contributed by atoms with van der Waals surface area (Å²) in [5.74, 6) is -5.15. The molecule has 0 spiro atoms. The average Bonchev–Trinajstić information content (AvgIpc) is 2.99. The van der Waals surface area contributed by atoms with E-state index in [-0.39, 0.29) is 41.2 Å². The first-order valence-electron chi connectivity index (χ1n) is 14.5. The number of anilines is 2. The Morgan fingerprint density at radius 2 is 1.56 bits per heavy atom. The summed E-state index contributed by atoms with van der Waals surface area (Å²) in [6, 6.07) is 10.4. The van der Waals surface area contributed by atoms with Crippen LogP contribution in [-0.4, -0.2) is 71.3 Å². The van der Waals surface area contributed by atoms with Crippen LogP contribution in [0.5, 0.6) is 0 Å². The molecule has 242 valence electrons. The van der Waals surface area contributed by atoms with Gasteiger partial charge in [-0.3, -0.25) is 19.3 Å². The van der Waals surface area contributed by atoms with E-state index < -0.39 is 41.5 Å². The summed E-state index contributed by atoms with van der Waals surface area (Å²) >= 11 is 0. The summed E-state index contributed by atoms with van der Waals surface area (Å²) in [6.07, 6.45) is 2.04. The van der Waals surface area contributed by atoms with E-state index in [2.05, 4.69) is 10.6 Å². The number of nitrogens with one attached hydrogen (secondary N) is 2. The number of esters is 1. The van der Waals surface area contributed by atoms with Crippen LogP contribution in [-0.2, 0) is 35.1 Å². The molecule has 45 heavy (non-hydrogen) atoms. The fourth-order valence-corrected chi connectivity index (χ4v) is 5.12. The lowest BCUT2D eigenvalue weighted by molar-refractivity contribution is -0.148. The summed E-state index contributed by atoms with van der Waals surface area (Å²) in [6.45, 7) is 5.43. The van der Waals surface area contributed by atoms with Gasteiger partial charge in [0.15, 0.2) is 0 Å². The second-order valence-electron chi connectivity index (χ2n) is 11.8. The molecule has 2 aromatic rings. The highest BCUT2D eigenvalue weighted by molar-refractivity contribution is 6.39. The summed E-state index contributed by atoms with van der Waals surface area (Å²) in [5, 5.41) is 24.6. The molecule has 3 rings (SSSR count). The number of para-hydroxylation sites is 1. The van der Waals surface area contributed by atoms with Gasteiger partial charge in [-0.05, 0) is 82.2 Å². The molecule has 0 heterocycles. The van der Waals surface area contributed by atoms with E-state index >= 15 is 0 Å². The van der Waals surface area contributed by atoms with Crippen LogP contribution in [0.4, 0.5) is 16.2 Å². The lowest BCUT2D eigenvalue weighted by Gasteiger charge is -2.28. The summed E-state index contributed by atoms with van der Waals surface area (Å²) in [5.41, 5.74) is -0.564. The van der Waals surface area contributed by atoms with E-state index in [1.807, 2.05) is 0 Å². The lowest BCUT2D eigenvalue weighted by Crippen LogP contribution is -2.50. The number of carboxylic acid groups (broad SMARTS) is 2. The number of ether oxygens (including phenoxy) is 2. The molecule has 1 saturated carbocycles. The SMILES string of the molecule is COC(=O)C1CCC(CNC(=O)C(Cc2ccc(N(C(=O)C(=O)O)c3ccccc3C(=O)O)cc2)NC(=O)OC(C)(C)C)CC1. The third-order valence-corrected chi connectivity index (χ3v) is 7.35. The minimum Gasteiger partial charge on any atom is -0.478 e. The largest absolute Gasteiger partial charge is 0.478 e. The molecule has 0 bridgehead atoms. The predicted octanol–water partition coefficient (Wildman–Crippen LogP) is 3.67. The number of benzene rings is 2. The van der Waals surface area contributed by atoms with Gasteiger partial charge in [-0.15, -0.1) is 0 Å². The van der Waals surface area contributed by atoms with Crippen molar-refractivity contribution in [2.45, 2.75) is 64.5 Å². The van der Waals surface area contributed by atoms with Crippen LogP contribution < -0.4 is 15.5 Å². The van der Waals surface area contributed by atoms with Crippen molar-refractivity contribution >= 4 is 47.2 Å². The molecule has 1 aliphatic rings. The zero-order valence-electron chi connectivity index (χ0n) is 25.7. The Hall–Kier alpha value is -4.94. The number of aliphatic carboxylic acids is 1. The van der Waals surface area contributed by atoms with Gasteiger partial charge in [0.2, 0.25) is 5.91 Å². The second kappa shape index (κ2) is 15.2. The van der Waals surface area contributed by atoms with Crippen LogP contribution in [0.25, 0.3) is 0 Å². The Morgan fingerprint density at radius 3 is 2.11 bits per heavy atom.